The minimum Gasteiger partial charge on any atom is -0.387 e. The SMILES string of the molecule is Cc1cc([C@H](O)CC2CC2)ncc1-c1cc2cnc(NC(=O)C3CC3)cc2n(C)c1=O. The number of aliphatic hydroxyl groups is 1. The highest BCUT2D eigenvalue weighted by molar-refractivity contribution is 5.95. The maximum absolute atomic E-state index is 13.1. The molecule has 2 saturated carbocycles. The van der Waals surface area contributed by atoms with Crippen LogP contribution in [0.3, 0.4) is 0 Å². The van der Waals surface area contributed by atoms with Crippen molar-refractivity contribution in [3.8, 4) is 11.1 Å². The predicted molar refractivity (Wildman–Crippen MR) is 119 cm³/mol. The van der Waals surface area contributed by atoms with Crippen LogP contribution >= 0.6 is 0 Å². The summed E-state index contributed by atoms with van der Waals surface area (Å²) in [6.07, 6.45) is 7.75. The van der Waals surface area contributed by atoms with E-state index in [1.165, 1.54) is 12.8 Å². The largest absolute Gasteiger partial charge is 0.387 e. The van der Waals surface area contributed by atoms with E-state index in [2.05, 4.69) is 15.3 Å². The highest BCUT2D eigenvalue weighted by Crippen LogP contribution is 2.37. The summed E-state index contributed by atoms with van der Waals surface area (Å²) in [5, 5.41) is 14.1. The Labute approximate surface area is 180 Å². The van der Waals surface area contributed by atoms with Gasteiger partial charge in [0.1, 0.15) is 5.82 Å². The number of aryl methyl sites for hydroxylation is 2. The first kappa shape index (κ1) is 19.9. The number of aromatic nitrogens is 3. The smallest absolute Gasteiger partial charge is 0.258 e. The molecule has 0 aliphatic heterocycles. The first-order valence-electron chi connectivity index (χ1n) is 10.9. The molecular weight excluding hydrogens is 392 g/mol. The van der Waals surface area contributed by atoms with Gasteiger partial charge in [0.2, 0.25) is 5.91 Å². The van der Waals surface area contributed by atoms with Crippen LogP contribution in [-0.2, 0) is 11.8 Å². The monoisotopic (exact) mass is 418 g/mol. The van der Waals surface area contributed by atoms with Gasteiger partial charge in [0.15, 0.2) is 0 Å². The first-order valence-corrected chi connectivity index (χ1v) is 10.9. The Bertz CT molecular complexity index is 1240. The van der Waals surface area contributed by atoms with Crippen molar-refractivity contribution in [2.45, 2.75) is 45.1 Å². The molecule has 0 aromatic carbocycles. The predicted octanol–water partition coefficient (Wildman–Crippen LogP) is 3.49. The standard InChI is InChI=1S/C24H26N4O3/c1-13-7-19(21(29)8-14-3-4-14)25-12-18(13)17-9-16-11-26-22(27-23(30)15-5-6-15)10-20(16)28(2)24(17)31/h7,9-12,14-15,21,29H,3-6,8H2,1-2H3,(H,26,27,30)/t21-/m1/s1. The summed E-state index contributed by atoms with van der Waals surface area (Å²) in [5.74, 6) is 1.14. The Hall–Kier alpha value is -3.06. The number of hydrogen-bond donors (Lipinski definition) is 2. The molecule has 3 aromatic rings. The number of fused-ring (bicyclic) bond motifs is 1. The van der Waals surface area contributed by atoms with E-state index in [1.54, 1.807) is 30.1 Å². The summed E-state index contributed by atoms with van der Waals surface area (Å²) < 4.78 is 1.58. The lowest BCUT2D eigenvalue weighted by molar-refractivity contribution is -0.117. The number of rotatable bonds is 6. The van der Waals surface area contributed by atoms with E-state index in [1.807, 2.05) is 19.1 Å². The molecule has 2 aliphatic rings. The number of pyridine rings is 3. The quantitative estimate of drug-likeness (QED) is 0.639. The Morgan fingerprint density at radius 3 is 2.61 bits per heavy atom. The molecule has 0 saturated heterocycles. The molecule has 1 amide bonds. The van der Waals surface area contributed by atoms with Crippen molar-refractivity contribution in [2.75, 3.05) is 5.32 Å². The van der Waals surface area contributed by atoms with E-state index in [4.69, 9.17) is 0 Å². The molecule has 2 aliphatic carbocycles. The van der Waals surface area contributed by atoms with Gasteiger partial charge >= 0.3 is 0 Å². The molecule has 7 nitrogen and oxygen atoms in total. The van der Waals surface area contributed by atoms with Crippen molar-refractivity contribution >= 4 is 22.6 Å². The molecule has 7 heteroatoms. The molecule has 0 unspecified atom stereocenters. The van der Waals surface area contributed by atoms with Crippen LogP contribution in [0, 0.1) is 18.8 Å². The second-order valence-electron chi connectivity index (χ2n) is 8.93. The van der Waals surface area contributed by atoms with Crippen LogP contribution in [0.4, 0.5) is 5.82 Å². The van der Waals surface area contributed by atoms with Crippen LogP contribution in [0.25, 0.3) is 22.0 Å². The molecule has 0 radical (unpaired) electrons. The first-order chi connectivity index (χ1) is 14.9. The third kappa shape index (κ3) is 3.97. The normalized spacial score (nSPS) is 17.0. The zero-order valence-electron chi connectivity index (χ0n) is 17.8. The van der Waals surface area contributed by atoms with Crippen molar-refractivity contribution in [3.63, 3.8) is 0 Å². The topological polar surface area (TPSA) is 97.1 Å². The van der Waals surface area contributed by atoms with Crippen LogP contribution < -0.4 is 10.9 Å². The molecule has 0 bridgehead atoms. The van der Waals surface area contributed by atoms with Gasteiger partial charge in [-0.1, -0.05) is 12.8 Å². The van der Waals surface area contributed by atoms with Crippen molar-refractivity contribution in [2.24, 2.45) is 18.9 Å². The summed E-state index contributed by atoms with van der Waals surface area (Å²) in [6.45, 7) is 1.93. The molecule has 3 aromatic heterocycles. The summed E-state index contributed by atoms with van der Waals surface area (Å²) in [4.78, 5) is 34.0. The van der Waals surface area contributed by atoms with Crippen LogP contribution in [-0.4, -0.2) is 25.5 Å². The van der Waals surface area contributed by atoms with Gasteiger partial charge in [-0.3, -0.25) is 14.6 Å². The van der Waals surface area contributed by atoms with Crippen molar-refractivity contribution in [3.05, 3.63) is 52.2 Å². The number of nitrogens with zero attached hydrogens (tertiary/aromatic N) is 3. The van der Waals surface area contributed by atoms with Crippen LogP contribution in [0.2, 0.25) is 0 Å². The third-order valence-corrected chi connectivity index (χ3v) is 6.32. The molecule has 1 atom stereocenters. The molecule has 160 valence electrons. The average Bonchev–Trinajstić information content (AvgIpc) is 3.65. The zero-order chi connectivity index (χ0) is 21.7. The van der Waals surface area contributed by atoms with Crippen molar-refractivity contribution in [1.82, 2.24) is 14.5 Å². The fourth-order valence-corrected chi connectivity index (χ4v) is 4.03. The van der Waals surface area contributed by atoms with Crippen LogP contribution in [0.15, 0.2) is 35.4 Å². The van der Waals surface area contributed by atoms with Gasteiger partial charge in [-0.25, -0.2) is 4.98 Å². The van der Waals surface area contributed by atoms with E-state index in [0.717, 1.165) is 35.8 Å². The maximum Gasteiger partial charge on any atom is 0.258 e. The fraction of sp³-hybridized carbons (Fsp3) is 0.417. The number of anilines is 1. The minimum atomic E-state index is -0.562. The van der Waals surface area contributed by atoms with E-state index in [9.17, 15) is 14.7 Å². The lowest BCUT2D eigenvalue weighted by atomic mass is 10.00. The van der Waals surface area contributed by atoms with Crippen LogP contribution in [0.1, 0.15) is 49.5 Å². The Morgan fingerprint density at radius 2 is 1.94 bits per heavy atom. The lowest BCUT2D eigenvalue weighted by Crippen LogP contribution is -2.20. The fourth-order valence-electron chi connectivity index (χ4n) is 4.03. The summed E-state index contributed by atoms with van der Waals surface area (Å²) in [6, 6.07) is 5.44. The number of carbonyl (C=O) groups excluding carboxylic acids is 1. The number of hydrogen-bond acceptors (Lipinski definition) is 5. The van der Waals surface area contributed by atoms with Gasteiger partial charge in [0.25, 0.3) is 5.56 Å². The molecular formula is C24H26N4O3. The molecule has 31 heavy (non-hydrogen) atoms. The number of nitrogens with one attached hydrogen (secondary N) is 1. The summed E-state index contributed by atoms with van der Waals surface area (Å²) in [5.41, 5.74) is 3.41. The number of carbonyl (C=O) groups is 1. The second kappa shape index (κ2) is 7.57. The number of amides is 1. The van der Waals surface area contributed by atoms with Gasteiger partial charge in [-0.15, -0.1) is 0 Å². The van der Waals surface area contributed by atoms with Gasteiger partial charge in [0, 0.05) is 47.9 Å². The van der Waals surface area contributed by atoms with E-state index in [0.29, 0.717) is 28.5 Å². The van der Waals surface area contributed by atoms with E-state index < -0.39 is 6.10 Å². The third-order valence-electron chi connectivity index (χ3n) is 6.32. The van der Waals surface area contributed by atoms with Crippen LogP contribution in [0.5, 0.6) is 0 Å². The van der Waals surface area contributed by atoms with Gasteiger partial charge in [0.05, 0.1) is 17.3 Å². The molecule has 0 spiro atoms. The summed E-state index contributed by atoms with van der Waals surface area (Å²) in [7, 11) is 1.72. The minimum absolute atomic E-state index is 0.0147. The van der Waals surface area contributed by atoms with E-state index in [-0.39, 0.29) is 17.4 Å². The highest BCUT2D eigenvalue weighted by atomic mass is 16.3. The van der Waals surface area contributed by atoms with E-state index >= 15 is 0 Å². The van der Waals surface area contributed by atoms with Crippen molar-refractivity contribution in [1.29, 1.82) is 0 Å². The maximum atomic E-state index is 13.1. The highest BCUT2D eigenvalue weighted by Gasteiger charge is 2.30. The van der Waals surface area contributed by atoms with Gasteiger partial charge < -0.3 is 15.0 Å². The second-order valence-corrected chi connectivity index (χ2v) is 8.93. The molecule has 2 N–H and O–H groups in total. The Kier molecular flexibility index (Phi) is 4.85. The lowest BCUT2D eigenvalue weighted by Gasteiger charge is -2.14. The molecule has 5 rings (SSSR count). The van der Waals surface area contributed by atoms with Gasteiger partial charge in [-0.05, 0) is 49.8 Å². The Morgan fingerprint density at radius 1 is 1.16 bits per heavy atom. The summed E-state index contributed by atoms with van der Waals surface area (Å²) >= 11 is 0. The zero-order valence-corrected chi connectivity index (χ0v) is 17.8. The van der Waals surface area contributed by atoms with Gasteiger partial charge in [-0.2, -0.15) is 0 Å². The number of aliphatic hydroxyl groups excluding tert-OH is 1. The average molecular weight is 418 g/mol. The van der Waals surface area contributed by atoms with Crippen molar-refractivity contribution < 1.29 is 9.90 Å². The molecule has 3 heterocycles. The Balaban J connectivity index is 1.48. The molecule has 2 fully saturated rings.